The molecule has 0 aliphatic carbocycles. The minimum Gasteiger partial charge on any atom is -0.378 e. The van der Waals surface area contributed by atoms with Gasteiger partial charge in [0.1, 0.15) is 5.69 Å². The summed E-state index contributed by atoms with van der Waals surface area (Å²) >= 11 is 1.35. The zero-order valence-electron chi connectivity index (χ0n) is 15.3. The number of nitro groups is 1. The van der Waals surface area contributed by atoms with Gasteiger partial charge in [0.15, 0.2) is 0 Å². The second kappa shape index (κ2) is 9.47. The van der Waals surface area contributed by atoms with Gasteiger partial charge in [-0.05, 0) is 41.8 Å². The molecule has 1 heterocycles. The summed E-state index contributed by atoms with van der Waals surface area (Å²) in [4.78, 5) is 35.4. The van der Waals surface area contributed by atoms with Gasteiger partial charge in [-0.25, -0.2) is 0 Å². The van der Waals surface area contributed by atoms with E-state index in [2.05, 4.69) is 16.0 Å². The summed E-state index contributed by atoms with van der Waals surface area (Å²) in [5.74, 6) is -0.469. The molecule has 148 valence electrons. The minimum atomic E-state index is -0.459. The van der Waals surface area contributed by atoms with Crippen LogP contribution in [0.15, 0.2) is 66.0 Å². The standard InChI is InChI=1S/C20H18N4O4S/c25-19(22-12-11-21-16-4-1-2-5-17(16)24(27)28)14-7-9-15(10-8-14)23-20(26)18-6-3-13-29-18/h1-10,13,21H,11-12H2,(H,22,25)(H,23,26). The summed E-state index contributed by atoms with van der Waals surface area (Å²) < 4.78 is 0. The molecule has 0 bridgehead atoms. The topological polar surface area (TPSA) is 113 Å². The van der Waals surface area contributed by atoms with E-state index in [4.69, 9.17) is 0 Å². The molecule has 3 aromatic rings. The Morgan fingerprint density at radius 3 is 2.38 bits per heavy atom. The van der Waals surface area contributed by atoms with E-state index < -0.39 is 4.92 Å². The highest BCUT2D eigenvalue weighted by Gasteiger charge is 2.12. The van der Waals surface area contributed by atoms with Crippen LogP contribution in [0.1, 0.15) is 20.0 Å². The fourth-order valence-corrected chi connectivity index (χ4v) is 3.18. The van der Waals surface area contributed by atoms with Gasteiger partial charge in [0.2, 0.25) is 0 Å². The molecule has 0 aliphatic rings. The van der Waals surface area contributed by atoms with Gasteiger partial charge in [0.05, 0.1) is 9.80 Å². The number of anilines is 2. The van der Waals surface area contributed by atoms with E-state index in [9.17, 15) is 19.7 Å². The number of thiophene rings is 1. The van der Waals surface area contributed by atoms with Gasteiger partial charge in [0.25, 0.3) is 17.5 Å². The number of amides is 2. The Kier molecular flexibility index (Phi) is 6.54. The summed E-state index contributed by atoms with van der Waals surface area (Å²) in [7, 11) is 0. The van der Waals surface area contributed by atoms with Gasteiger partial charge in [0, 0.05) is 30.4 Å². The molecule has 3 rings (SSSR count). The quantitative estimate of drug-likeness (QED) is 0.297. The van der Waals surface area contributed by atoms with Crippen molar-refractivity contribution in [3.63, 3.8) is 0 Å². The molecule has 9 heteroatoms. The van der Waals surface area contributed by atoms with Crippen LogP contribution in [-0.4, -0.2) is 29.8 Å². The average molecular weight is 410 g/mol. The van der Waals surface area contributed by atoms with E-state index in [0.29, 0.717) is 34.9 Å². The molecular formula is C20H18N4O4S. The van der Waals surface area contributed by atoms with Crippen molar-refractivity contribution in [2.45, 2.75) is 0 Å². The first-order valence-corrected chi connectivity index (χ1v) is 9.63. The average Bonchev–Trinajstić information content (AvgIpc) is 3.27. The summed E-state index contributed by atoms with van der Waals surface area (Å²) in [5.41, 5.74) is 1.43. The highest BCUT2D eigenvalue weighted by Crippen LogP contribution is 2.22. The Morgan fingerprint density at radius 1 is 0.931 bits per heavy atom. The van der Waals surface area contributed by atoms with Crippen LogP contribution in [0.5, 0.6) is 0 Å². The number of carbonyl (C=O) groups excluding carboxylic acids is 2. The summed E-state index contributed by atoms with van der Waals surface area (Å²) in [6.45, 7) is 0.632. The number of nitrogens with one attached hydrogen (secondary N) is 3. The molecular weight excluding hydrogens is 392 g/mol. The zero-order chi connectivity index (χ0) is 20.6. The van der Waals surface area contributed by atoms with Crippen molar-refractivity contribution >= 4 is 40.2 Å². The number of nitrogens with zero attached hydrogens (tertiary/aromatic N) is 1. The number of rotatable bonds is 8. The zero-order valence-corrected chi connectivity index (χ0v) is 16.1. The third kappa shape index (κ3) is 5.39. The lowest BCUT2D eigenvalue weighted by atomic mass is 10.2. The SMILES string of the molecule is O=C(NCCNc1ccccc1[N+](=O)[O-])c1ccc(NC(=O)c2cccs2)cc1. The molecule has 0 unspecified atom stereocenters. The predicted molar refractivity (Wildman–Crippen MR) is 113 cm³/mol. The van der Waals surface area contributed by atoms with Crippen LogP contribution in [0, 0.1) is 10.1 Å². The van der Waals surface area contributed by atoms with Gasteiger partial charge in [-0.2, -0.15) is 0 Å². The van der Waals surface area contributed by atoms with Gasteiger partial charge in [-0.1, -0.05) is 18.2 Å². The summed E-state index contributed by atoms with van der Waals surface area (Å²) in [5, 5.41) is 21.3. The molecule has 0 radical (unpaired) electrons. The normalized spacial score (nSPS) is 10.2. The molecule has 1 aromatic heterocycles. The lowest BCUT2D eigenvalue weighted by molar-refractivity contribution is -0.384. The maximum atomic E-state index is 12.2. The molecule has 3 N–H and O–H groups in total. The Bertz CT molecular complexity index is 1000. The third-order valence-corrected chi connectivity index (χ3v) is 4.85. The second-order valence-corrected chi connectivity index (χ2v) is 6.91. The Labute approximate surface area is 170 Å². The molecule has 8 nitrogen and oxygen atoms in total. The number of carbonyl (C=O) groups is 2. The van der Waals surface area contributed by atoms with E-state index in [-0.39, 0.29) is 17.5 Å². The molecule has 0 saturated heterocycles. The van der Waals surface area contributed by atoms with Crippen molar-refractivity contribution in [1.82, 2.24) is 5.32 Å². The molecule has 0 spiro atoms. The largest absolute Gasteiger partial charge is 0.378 e. The molecule has 0 saturated carbocycles. The number of hydrogen-bond donors (Lipinski definition) is 3. The maximum Gasteiger partial charge on any atom is 0.292 e. The monoisotopic (exact) mass is 410 g/mol. The van der Waals surface area contributed by atoms with Crippen molar-refractivity contribution in [2.75, 3.05) is 23.7 Å². The van der Waals surface area contributed by atoms with Crippen molar-refractivity contribution in [3.8, 4) is 0 Å². The van der Waals surface area contributed by atoms with Crippen molar-refractivity contribution < 1.29 is 14.5 Å². The van der Waals surface area contributed by atoms with Gasteiger partial charge < -0.3 is 16.0 Å². The second-order valence-electron chi connectivity index (χ2n) is 5.97. The number of nitro benzene ring substituents is 1. The first-order valence-electron chi connectivity index (χ1n) is 8.75. The Balaban J connectivity index is 1.47. The van der Waals surface area contributed by atoms with E-state index in [1.165, 1.54) is 17.4 Å². The Morgan fingerprint density at radius 2 is 1.69 bits per heavy atom. The van der Waals surface area contributed by atoms with Crippen molar-refractivity contribution in [1.29, 1.82) is 0 Å². The minimum absolute atomic E-state index is 0.0148. The van der Waals surface area contributed by atoms with Gasteiger partial charge >= 0.3 is 0 Å². The van der Waals surface area contributed by atoms with Crippen molar-refractivity contribution in [3.05, 3.63) is 86.6 Å². The highest BCUT2D eigenvalue weighted by molar-refractivity contribution is 7.12. The molecule has 0 fully saturated rings. The maximum absolute atomic E-state index is 12.2. The van der Waals surface area contributed by atoms with Crippen LogP contribution >= 0.6 is 11.3 Å². The third-order valence-electron chi connectivity index (χ3n) is 3.98. The van der Waals surface area contributed by atoms with Crippen LogP contribution in [-0.2, 0) is 0 Å². The van der Waals surface area contributed by atoms with E-state index in [0.717, 1.165) is 0 Å². The van der Waals surface area contributed by atoms with Crippen LogP contribution in [0.4, 0.5) is 17.1 Å². The van der Waals surface area contributed by atoms with Crippen LogP contribution in [0.25, 0.3) is 0 Å². The number of benzene rings is 2. The number of para-hydroxylation sites is 2. The highest BCUT2D eigenvalue weighted by atomic mass is 32.1. The first-order chi connectivity index (χ1) is 14.0. The van der Waals surface area contributed by atoms with Crippen molar-refractivity contribution in [2.24, 2.45) is 0 Å². The molecule has 29 heavy (non-hydrogen) atoms. The molecule has 0 aliphatic heterocycles. The first kappa shape index (κ1) is 20.0. The van der Waals surface area contributed by atoms with E-state index >= 15 is 0 Å². The Hall–Kier alpha value is -3.72. The van der Waals surface area contributed by atoms with Crippen LogP contribution in [0.2, 0.25) is 0 Å². The number of hydrogen-bond acceptors (Lipinski definition) is 6. The summed E-state index contributed by atoms with van der Waals surface area (Å²) in [6.07, 6.45) is 0. The fourth-order valence-electron chi connectivity index (χ4n) is 2.56. The molecule has 2 aromatic carbocycles. The smallest absolute Gasteiger partial charge is 0.292 e. The fraction of sp³-hybridized carbons (Fsp3) is 0.100. The van der Waals surface area contributed by atoms with Crippen LogP contribution < -0.4 is 16.0 Å². The van der Waals surface area contributed by atoms with E-state index in [1.54, 1.807) is 54.6 Å². The van der Waals surface area contributed by atoms with Gasteiger partial charge in [-0.3, -0.25) is 19.7 Å². The lowest BCUT2D eigenvalue weighted by Gasteiger charge is -2.09. The lowest BCUT2D eigenvalue weighted by Crippen LogP contribution is -2.28. The predicted octanol–water partition coefficient (Wildman–Crippen LogP) is 3.75. The van der Waals surface area contributed by atoms with E-state index in [1.807, 2.05) is 5.38 Å². The van der Waals surface area contributed by atoms with Crippen LogP contribution in [0.3, 0.4) is 0 Å². The van der Waals surface area contributed by atoms with Gasteiger partial charge in [-0.15, -0.1) is 11.3 Å². The molecule has 0 atom stereocenters. The molecule has 2 amide bonds. The summed E-state index contributed by atoms with van der Waals surface area (Å²) in [6, 6.07) is 16.4.